The first kappa shape index (κ1) is 13.4. The summed E-state index contributed by atoms with van der Waals surface area (Å²) in [5.41, 5.74) is 1.53. The van der Waals surface area contributed by atoms with Gasteiger partial charge in [-0.05, 0) is 24.7 Å². The molecule has 2 unspecified atom stereocenters. The lowest BCUT2D eigenvalue weighted by molar-refractivity contribution is 0.158. The van der Waals surface area contributed by atoms with E-state index in [1.807, 2.05) is 0 Å². The molecule has 1 heterocycles. The second kappa shape index (κ2) is 5.60. The first-order valence-electron chi connectivity index (χ1n) is 6.69. The van der Waals surface area contributed by atoms with Crippen LogP contribution in [0.1, 0.15) is 47.5 Å². The van der Waals surface area contributed by atoms with Crippen LogP contribution in [-0.4, -0.2) is 29.6 Å². The minimum absolute atomic E-state index is 0.678. The molecular formula is C14H28N2. The Labute approximate surface area is 101 Å². The highest BCUT2D eigenvalue weighted by atomic mass is 15.4. The molecule has 16 heavy (non-hydrogen) atoms. The molecule has 1 aliphatic rings. The van der Waals surface area contributed by atoms with Crippen molar-refractivity contribution >= 4 is 0 Å². The van der Waals surface area contributed by atoms with Crippen molar-refractivity contribution in [2.45, 2.75) is 53.5 Å². The van der Waals surface area contributed by atoms with Gasteiger partial charge in [0.05, 0.1) is 6.67 Å². The number of nitrogens with zero attached hydrogens (tertiary/aromatic N) is 2. The molecule has 0 saturated carbocycles. The maximum atomic E-state index is 2.61. The smallest absolute Gasteiger partial charge is 0.0896 e. The average molecular weight is 224 g/mol. The Morgan fingerprint density at radius 2 is 1.81 bits per heavy atom. The van der Waals surface area contributed by atoms with Gasteiger partial charge in [-0.15, -0.1) is 0 Å². The molecule has 0 fully saturated rings. The first-order valence-corrected chi connectivity index (χ1v) is 6.69. The zero-order valence-electron chi connectivity index (χ0n) is 11.8. The largest absolute Gasteiger partial charge is 0.361 e. The van der Waals surface area contributed by atoms with Crippen molar-refractivity contribution in [2.24, 2.45) is 11.8 Å². The van der Waals surface area contributed by atoms with E-state index in [1.165, 1.54) is 18.5 Å². The zero-order valence-corrected chi connectivity index (χ0v) is 11.8. The Morgan fingerprint density at radius 3 is 2.25 bits per heavy atom. The summed E-state index contributed by atoms with van der Waals surface area (Å²) >= 11 is 0. The van der Waals surface area contributed by atoms with Crippen LogP contribution in [0.15, 0.2) is 11.9 Å². The maximum absolute atomic E-state index is 2.61. The fourth-order valence-electron chi connectivity index (χ4n) is 2.63. The van der Waals surface area contributed by atoms with E-state index >= 15 is 0 Å². The van der Waals surface area contributed by atoms with Gasteiger partial charge in [0.25, 0.3) is 0 Å². The van der Waals surface area contributed by atoms with E-state index in [2.05, 4.69) is 57.7 Å². The molecule has 2 heteroatoms. The van der Waals surface area contributed by atoms with E-state index in [9.17, 15) is 0 Å². The SMILES string of the molecule is CCC(C)C1=CN(C)CN1C(CC)C(C)C. The van der Waals surface area contributed by atoms with Crippen LogP contribution >= 0.6 is 0 Å². The summed E-state index contributed by atoms with van der Waals surface area (Å²) in [5.74, 6) is 1.40. The van der Waals surface area contributed by atoms with Crippen molar-refractivity contribution in [2.75, 3.05) is 13.7 Å². The van der Waals surface area contributed by atoms with Crippen LogP contribution in [0, 0.1) is 11.8 Å². The predicted molar refractivity (Wildman–Crippen MR) is 70.9 cm³/mol. The highest BCUT2D eigenvalue weighted by Crippen LogP contribution is 2.30. The molecule has 2 nitrogen and oxygen atoms in total. The van der Waals surface area contributed by atoms with E-state index in [4.69, 9.17) is 0 Å². The van der Waals surface area contributed by atoms with Crippen LogP contribution < -0.4 is 0 Å². The van der Waals surface area contributed by atoms with Crippen molar-refractivity contribution in [1.82, 2.24) is 9.80 Å². The first-order chi connectivity index (χ1) is 7.51. The molecule has 0 aromatic rings. The second-order valence-electron chi connectivity index (χ2n) is 5.45. The van der Waals surface area contributed by atoms with Crippen LogP contribution in [0.25, 0.3) is 0 Å². The standard InChI is InChI=1S/C14H28N2/c1-7-12(5)14-9-15(6)10-16(14)13(8-2)11(3)4/h9,11-13H,7-8,10H2,1-6H3. The van der Waals surface area contributed by atoms with E-state index < -0.39 is 0 Å². The lowest BCUT2D eigenvalue weighted by Gasteiger charge is -2.36. The highest BCUT2D eigenvalue weighted by molar-refractivity contribution is 5.10. The number of hydrogen-bond acceptors (Lipinski definition) is 2. The Bertz CT molecular complexity index is 245. The summed E-state index contributed by atoms with van der Waals surface area (Å²) in [6.07, 6.45) is 4.79. The topological polar surface area (TPSA) is 6.48 Å². The third-order valence-corrected chi connectivity index (χ3v) is 3.77. The number of hydrogen-bond donors (Lipinski definition) is 0. The number of allylic oxidation sites excluding steroid dienone is 1. The monoisotopic (exact) mass is 224 g/mol. The Kier molecular flexibility index (Phi) is 4.69. The van der Waals surface area contributed by atoms with Crippen molar-refractivity contribution < 1.29 is 0 Å². The molecule has 0 saturated heterocycles. The molecule has 0 radical (unpaired) electrons. The molecule has 1 rings (SSSR count). The van der Waals surface area contributed by atoms with E-state index in [-0.39, 0.29) is 0 Å². The Morgan fingerprint density at radius 1 is 1.19 bits per heavy atom. The van der Waals surface area contributed by atoms with Crippen molar-refractivity contribution in [3.8, 4) is 0 Å². The van der Waals surface area contributed by atoms with Crippen LogP contribution in [-0.2, 0) is 0 Å². The maximum Gasteiger partial charge on any atom is 0.0896 e. The Hall–Kier alpha value is -0.660. The third kappa shape index (κ3) is 2.72. The summed E-state index contributed by atoms with van der Waals surface area (Å²) in [6, 6.07) is 0.685. The van der Waals surface area contributed by atoms with Gasteiger partial charge < -0.3 is 9.80 Å². The van der Waals surface area contributed by atoms with Gasteiger partial charge >= 0.3 is 0 Å². The van der Waals surface area contributed by atoms with Crippen LogP contribution in [0.2, 0.25) is 0 Å². The van der Waals surface area contributed by atoms with E-state index in [0.29, 0.717) is 12.0 Å². The molecule has 2 atom stereocenters. The third-order valence-electron chi connectivity index (χ3n) is 3.77. The fraction of sp³-hybridized carbons (Fsp3) is 0.857. The Balaban J connectivity index is 2.83. The molecule has 0 aromatic heterocycles. The minimum atomic E-state index is 0.678. The van der Waals surface area contributed by atoms with Gasteiger partial charge in [-0.2, -0.15) is 0 Å². The fourth-order valence-corrected chi connectivity index (χ4v) is 2.63. The molecule has 0 amide bonds. The lowest BCUT2D eigenvalue weighted by Crippen LogP contribution is -2.39. The van der Waals surface area contributed by atoms with Gasteiger partial charge in [0.15, 0.2) is 0 Å². The summed E-state index contributed by atoms with van der Waals surface area (Å²) in [5, 5.41) is 0. The van der Waals surface area contributed by atoms with Crippen LogP contribution in [0.3, 0.4) is 0 Å². The molecule has 0 spiro atoms. The van der Waals surface area contributed by atoms with E-state index in [1.54, 1.807) is 0 Å². The van der Waals surface area contributed by atoms with Crippen LogP contribution in [0.5, 0.6) is 0 Å². The summed E-state index contributed by atoms with van der Waals surface area (Å²) in [7, 11) is 2.18. The molecule has 1 aliphatic heterocycles. The van der Waals surface area contributed by atoms with Gasteiger partial charge in [-0.3, -0.25) is 0 Å². The van der Waals surface area contributed by atoms with Gasteiger partial charge in [0.1, 0.15) is 0 Å². The van der Waals surface area contributed by atoms with Crippen molar-refractivity contribution in [3.63, 3.8) is 0 Å². The molecule has 0 bridgehead atoms. The second-order valence-corrected chi connectivity index (χ2v) is 5.45. The molecular weight excluding hydrogens is 196 g/mol. The van der Waals surface area contributed by atoms with Gasteiger partial charge in [0, 0.05) is 25.0 Å². The van der Waals surface area contributed by atoms with Gasteiger partial charge in [-0.1, -0.05) is 34.6 Å². The van der Waals surface area contributed by atoms with Gasteiger partial charge in [0.2, 0.25) is 0 Å². The highest BCUT2D eigenvalue weighted by Gasteiger charge is 2.29. The van der Waals surface area contributed by atoms with Crippen molar-refractivity contribution in [1.29, 1.82) is 0 Å². The molecule has 0 N–H and O–H groups in total. The minimum Gasteiger partial charge on any atom is -0.361 e. The lowest BCUT2D eigenvalue weighted by atomic mass is 9.97. The van der Waals surface area contributed by atoms with E-state index in [0.717, 1.165) is 12.6 Å². The number of rotatable bonds is 5. The molecule has 0 aromatic carbocycles. The normalized spacial score (nSPS) is 20.3. The predicted octanol–water partition coefficient (Wildman–Crippen LogP) is 3.51. The summed E-state index contributed by atoms with van der Waals surface area (Å²) in [6.45, 7) is 12.7. The van der Waals surface area contributed by atoms with Gasteiger partial charge in [-0.25, -0.2) is 0 Å². The summed E-state index contributed by atoms with van der Waals surface area (Å²) < 4.78 is 0. The van der Waals surface area contributed by atoms with Crippen molar-refractivity contribution in [3.05, 3.63) is 11.9 Å². The molecule has 0 aliphatic carbocycles. The quantitative estimate of drug-likeness (QED) is 0.705. The van der Waals surface area contributed by atoms with Crippen LogP contribution in [0.4, 0.5) is 0 Å². The summed E-state index contributed by atoms with van der Waals surface area (Å²) in [4.78, 5) is 4.92. The average Bonchev–Trinajstić information content (AvgIpc) is 2.60. The zero-order chi connectivity index (χ0) is 12.3. The molecule has 94 valence electrons.